The summed E-state index contributed by atoms with van der Waals surface area (Å²) < 4.78 is 0. The van der Waals surface area contributed by atoms with E-state index in [9.17, 15) is 4.79 Å². The summed E-state index contributed by atoms with van der Waals surface area (Å²) in [5.41, 5.74) is 4.38. The van der Waals surface area contributed by atoms with Crippen LogP contribution in [-0.2, 0) is 16.8 Å². The number of aromatic nitrogens is 1. The average molecular weight is 426 g/mol. The van der Waals surface area contributed by atoms with Crippen LogP contribution >= 0.6 is 0 Å². The first-order valence-electron chi connectivity index (χ1n) is 11.6. The Labute approximate surface area is 189 Å². The number of fused-ring (bicyclic) bond motifs is 3. The normalized spacial score (nSPS) is 16.6. The number of carbonyl (C=O) groups excluding carboxylic acids is 1. The van der Waals surface area contributed by atoms with Crippen molar-refractivity contribution in [3.63, 3.8) is 0 Å². The topological polar surface area (TPSA) is 48.1 Å². The summed E-state index contributed by atoms with van der Waals surface area (Å²) in [7, 11) is 0. The largest absolute Gasteiger partial charge is 0.355 e. The van der Waals surface area contributed by atoms with Crippen LogP contribution in [0, 0.1) is 0 Å². The molecule has 4 heteroatoms. The fraction of sp³-hybridized carbons (Fsp3) is 0.321. The molecule has 0 spiro atoms. The minimum absolute atomic E-state index is 0.143. The van der Waals surface area contributed by atoms with Crippen molar-refractivity contribution in [1.82, 2.24) is 15.2 Å². The molecule has 32 heavy (non-hydrogen) atoms. The lowest BCUT2D eigenvalue weighted by Crippen LogP contribution is -2.52. The monoisotopic (exact) mass is 425 g/mol. The van der Waals surface area contributed by atoms with Gasteiger partial charge >= 0.3 is 0 Å². The van der Waals surface area contributed by atoms with E-state index in [0.29, 0.717) is 0 Å². The van der Waals surface area contributed by atoms with Crippen LogP contribution in [0.4, 0.5) is 0 Å². The molecule has 4 nitrogen and oxygen atoms in total. The third kappa shape index (κ3) is 3.80. The van der Waals surface area contributed by atoms with Crippen molar-refractivity contribution in [2.24, 2.45) is 0 Å². The van der Waals surface area contributed by atoms with Crippen molar-refractivity contribution >= 4 is 27.7 Å². The van der Waals surface area contributed by atoms with Crippen LogP contribution in [0.3, 0.4) is 0 Å². The molecule has 5 rings (SSSR count). The molecule has 0 atom stereocenters. The van der Waals surface area contributed by atoms with E-state index in [1.165, 1.54) is 27.4 Å². The van der Waals surface area contributed by atoms with Gasteiger partial charge in [-0.3, -0.25) is 9.69 Å². The number of piperidine rings is 1. The Morgan fingerprint density at radius 3 is 2.38 bits per heavy atom. The van der Waals surface area contributed by atoms with Gasteiger partial charge in [-0.05, 0) is 63.0 Å². The molecule has 1 aliphatic heterocycles. The van der Waals surface area contributed by atoms with Crippen LogP contribution in [-0.4, -0.2) is 34.9 Å². The van der Waals surface area contributed by atoms with Gasteiger partial charge in [0.2, 0.25) is 5.91 Å². The number of nitrogens with one attached hydrogen (secondary N) is 2. The van der Waals surface area contributed by atoms with Crippen LogP contribution in [0.1, 0.15) is 37.8 Å². The van der Waals surface area contributed by atoms with Gasteiger partial charge in [0, 0.05) is 34.4 Å². The Morgan fingerprint density at radius 1 is 0.938 bits per heavy atom. The number of amides is 1. The summed E-state index contributed by atoms with van der Waals surface area (Å²) >= 11 is 0. The molecule has 164 valence electrons. The highest BCUT2D eigenvalue weighted by Gasteiger charge is 2.42. The highest BCUT2D eigenvalue weighted by atomic mass is 16.2. The Kier molecular flexibility index (Phi) is 5.48. The number of carbonyl (C=O) groups is 1. The molecule has 1 saturated heterocycles. The minimum Gasteiger partial charge on any atom is -0.355 e. The summed E-state index contributed by atoms with van der Waals surface area (Å²) in [5, 5.41) is 5.74. The summed E-state index contributed by atoms with van der Waals surface area (Å²) in [5.74, 6) is 0.165. The highest BCUT2D eigenvalue weighted by molar-refractivity contribution is 6.07. The number of aromatic amines is 1. The van der Waals surface area contributed by atoms with E-state index in [1.54, 1.807) is 0 Å². The van der Waals surface area contributed by atoms with Gasteiger partial charge in [-0.1, -0.05) is 60.7 Å². The standard InChI is InChI=1S/C28H31N3O/c1-20(2)29-27(32)28(22-8-4-3-5-9-22)14-16-31(17-15-28)19-21-12-13-24-23-10-6-7-11-25(23)30-26(24)18-21/h3-13,18,20,30H,14-17,19H2,1-2H3,(H,29,32). The van der Waals surface area contributed by atoms with E-state index >= 15 is 0 Å². The van der Waals surface area contributed by atoms with Crippen molar-refractivity contribution < 1.29 is 4.79 Å². The number of nitrogens with zero attached hydrogens (tertiary/aromatic N) is 1. The number of benzene rings is 3. The van der Waals surface area contributed by atoms with E-state index < -0.39 is 5.41 Å². The van der Waals surface area contributed by atoms with Crippen molar-refractivity contribution in [3.05, 3.63) is 83.9 Å². The second-order valence-corrected chi connectivity index (χ2v) is 9.40. The lowest BCUT2D eigenvalue weighted by molar-refractivity contribution is -0.129. The molecular formula is C28H31N3O. The lowest BCUT2D eigenvalue weighted by Gasteiger charge is -2.41. The Bertz CT molecular complexity index is 1230. The van der Waals surface area contributed by atoms with Gasteiger partial charge in [-0.25, -0.2) is 0 Å². The van der Waals surface area contributed by atoms with E-state index in [1.807, 2.05) is 32.0 Å². The maximum Gasteiger partial charge on any atom is 0.230 e. The third-order valence-electron chi connectivity index (χ3n) is 6.87. The first-order chi connectivity index (χ1) is 15.5. The van der Waals surface area contributed by atoms with Crippen molar-refractivity contribution in [2.45, 2.75) is 44.7 Å². The molecule has 0 bridgehead atoms. The number of hydrogen-bond donors (Lipinski definition) is 2. The molecule has 1 amide bonds. The van der Waals surface area contributed by atoms with Gasteiger partial charge in [0.05, 0.1) is 5.41 Å². The third-order valence-corrected chi connectivity index (χ3v) is 6.87. The molecule has 2 N–H and O–H groups in total. The Balaban J connectivity index is 1.34. The van der Waals surface area contributed by atoms with Gasteiger partial charge < -0.3 is 10.3 Å². The Morgan fingerprint density at radius 2 is 1.62 bits per heavy atom. The lowest BCUT2D eigenvalue weighted by atomic mass is 9.71. The Hall–Kier alpha value is -3.11. The van der Waals surface area contributed by atoms with Gasteiger partial charge in [-0.15, -0.1) is 0 Å². The van der Waals surface area contributed by atoms with Gasteiger partial charge in [0.25, 0.3) is 0 Å². The van der Waals surface area contributed by atoms with Crippen LogP contribution in [0.25, 0.3) is 21.8 Å². The zero-order valence-corrected chi connectivity index (χ0v) is 18.9. The number of likely N-dealkylation sites (tertiary alicyclic amines) is 1. The second-order valence-electron chi connectivity index (χ2n) is 9.40. The van der Waals surface area contributed by atoms with E-state index in [0.717, 1.165) is 38.0 Å². The zero-order valence-electron chi connectivity index (χ0n) is 18.9. The van der Waals surface area contributed by atoms with Crippen LogP contribution in [0.15, 0.2) is 72.8 Å². The van der Waals surface area contributed by atoms with Crippen molar-refractivity contribution in [2.75, 3.05) is 13.1 Å². The molecule has 3 aromatic carbocycles. The first kappa shape index (κ1) is 20.8. The first-order valence-corrected chi connectivity index (χ1v) is 11.6. The number of para-hydroxylation sites is 1. The maximum absolute atomic E-state index is 13.3. The number of H-pyrrole nitrogens is 1. The molecule has 2 heterocycles. The van der Waals surface area contributed by atoms with Gasteiger partial charge in [0.15, 0.2) is 0 Å². The van der Waals surface area contributed by atoms with Crippen molar-refractivity contribution in [1.29, 1.82) is 0 Å². The fourth-order valence-electron chi connectivity index (χ4n) is 5.16. The minimum atomic E-state index is -0.441. The maximum atomic E-state index is 13.3. The fourth-order valence-corrected chi connectivity index (χ4v) is 5.16. The van der Waals surface area contributed by atoms with Gasteiger partial charge in [-0.2, -0.15) is 0 Å². The molecule has 0 aliphatic carbocycles. The molecule has 0 unspecified atom stereocenters. The molecule has 1 aliphatic rings. The van der Waals surface area contributed by atoms with Crippen LogP contribution in [0.2, 0.25) is 0 Å². The molecule has 0 saturated carbocycles. The quantitative estimate of drug-likeness (QED) is 0.451. The molecular weight excluding hydrogens is 394 g/mol. The van der Waals surface area contributed by atoms with E-state index in [4.69, 9.17) is 0 Å². The molecule has 4 aromatic rings. The molecule has 0 radical (unpaired) electrons. The summed E-state index contributed by atoms with van der Waals surface area (Å²) in [6.07, 6.45) is 1.67. The number of rotatable bonds is 5. The smallest absolute Gasteiger partial charge is 0.230 e. The molecule has 1 fully saturated rings. The second kappa shape index (κ2) is 8.44. The van der Waals surface area contributed by atoms with E-state index in [-0.39, 0.29) is 11.9 Å². The SMILES string of the molecule is CC(C)NC(=O)C1(c2ccccc2)CCN(Cc2ccc3c(c2)[nH]c2ccccc23)CC1. The van der Waals surface area contributed by atoms with Crippen molar-refractivity contribution in [3.8, 4) is 0 Å². The summed E-state index contributed by atoms with van der Waals surface area (Å²) in [4.78, 5) is 19.3. The predicted octanol–water partition coefficient (Wildman–Crippen LogP) is 5.38. The van der Waals surface area contributed by atoms with Crippen LogP contribution in [0.5, 0.6) is 0 Å². The summed E-state index contributed by atoms with van der Waals surface area (Å²) in [6.45, 7) is 6.79. The van der Waals surface area contributed by atoms with Crippen LogP contribution < -0.4 is 5.32 Å². The zero-order chi connectivity index (χ0) is 22.1. The summed E-state index contributed by atoms with van der Waals surface area (Å²) in [6, 6.07) is 25.7. The van der Waals surface area contributed by atoms with E-state index in [2.05, 4.69) is 69.8 Å². The average Bonchev–Trinajstić information content (AvgIpc) is 3.17. The van der Waals surface area contributed by atoms with Gasteiger partial charge in [0.1, 0.15) is 0 Å². The highest BCUT2D eigenvalue weighted by Crippen LogP contribution is 2.36. The predicted molar refractivity (Wildman–Crippen MR) is 132 cm³/mol. The number of hydrogen-bond acceptors (Lipinski definition) is 2. The molecule has 1 aromatic heterocycles.